The minimum atomic E-state index is -0.817. The second kappa shape index (κ2) is 7.72. The van der Waals surface area contributed by atoms with Crippen molar-refractivity contribution in [3.63, 3.8) is 0 Å². The zero-order valence-corrected chi connectivity index (χ0v) is 13.2. The number of methoxy groups -OCH3 is 2. The summed E-state index contributed by atoms with van der Waals surface area (Å²) < 4.78 is 21.7. The van der Waals surface area contributed by atoms with Crippen LogP contribution in [0.4, 0.5) is 0 Å². The third-order valence-electron chi connectivity index (χ3n) is 2.82. The fraction of sp³-hybridized carbons (Fsp3) is 0.538. The topological polar surface area (TPSA) is 47.6 Å². The summed E-state index contributed by atoms with van der Waals surface area (Å²) in [6.07, 6.45) is 1.71. The van der Waals surface area contributed by atoms with Gasteiger partial charge in [0.05, 0.1) is 19.2 Å². The number of ether oxygens (including phenoxy) is 2. The number of hydrogen-bond acceptors (Lipinski definition) is 4. The maximum atomic E-state index is 11.2. The van der Waals surface area contributed by atoms with E-state index in [4.69, 9.17) is 21.1 Å². The van der Waals surface area contributed by atoms with E-state index < -0.39 is 10.8 Å². The van der Waals surface area contributed by atoms with Gasteiger partial charge in [-0.25, -0.2) is 0 Å². The predicted octanol–water partition coefficient (Wildman–Crippen LogP) is 2.21. The third-order valence-corrected chi connectivity index (χ3v) is 4.40. The predicted molar refractivity (Wildman–Crippen MR) is 79.8 cm³/mol. The van der Waals surface area contributed by atoms with Crippen LogP contribution in [0.2, 0.25) is 5.02 Å². The van der Waals surface area contributed by atoms with E-state index in [1.807, 2.05) is 19.1 Å². The van der Waals surface area contributed by atoms with Crippen LogP contribution in [0.3, 0.4) is 0 Å². The van der Waals surface area contributed by atoms with Crippen molar-refractivity contribution in [2.75, 3.05) is 27.0 Å². The first-order valence-electron chi connectivity index (χ1n) is 5.93. The van der Waals surface area contributed by atoms with Gasteiger partial charge in [0, 0.05) is 35.4 Å². The Balaban J connectivity index is 2.69. The molecular formula is C13H20ClNO3S. The Bertz CT molecular complexity index is 454. The molecule has 0 heterocycles. The fourth-order valence-electron chi connectivity index (χ4n) is 1.61. The molecule has 2 atom stereocenters. The van der Waals surface area contributed by atoms with Gasteiger partial charge in [0.25, 0.3) is 0 Å². The average Bonchev–Trinajstić information content (AvgIpc) is 2.37. The summed E-state index contributed by atoms with van der Waals surface area (Å²) in [5.74, 6) is 1.15. The number of hydrogen-bond donors (Lipinski definition) is 1. The number of rotatable bonds is 7. The highest BCUT2D eigenvalue weighted by atomic mass is 35.5. The summed E-state index contributed by atoms with van der Waals surface area (Å²) >= 11 is 6.12. The van der Waals surface area contributed by atoms with Gasteiger partial charge in [-0.3, -0.25) is 4.21 Å². The van der Waals surface area contributed by atoms with E-state index in [0.29, 0.717) is 29.6 Å². The molecule has 1 rings (SSSR count). The molecule has 6 heteroatoms. The number of benzene rings is 1. The molecule has 1 N–H and O–H groups in total. The summed E-state index contributed by atoms with van der Waals surface area (Å²) in [6, 6.07) is 3.72. The van der Waals surface area contributed by atoms with Gasteiger partial charge in [-0.15, -0.1) is 0 Å². The van der Waals surface area contributed by atoms with Gasteiger partial charge in [0.2, 0.25) is 0 Å². The SMILES string of the molecule is COc1cc(CNCC(C)S(C)=O)cc(Cl)c1OC. The number of halogens is 1. The summed E-state index contributed by atoms with van der Waals surface area (Å²) in [5, 5.41) is 3.89. The van der Waals surface area contributed by atoms with Gasteiger partial charge in [-0.2, -0.15) is 0 Å². The van der Waals surface area contributed by atoms with Crippen LogP contribution in [0.5, 0.6) is 11.5 Å². The Morgan fingerprint density at radius 3 is 2.58 bits per heavy atom. The van der Waals surface area contributed by atoms with E-state index >= 15 is 0 Å². The van der Waals surface area contributed by atoms with Crippen molar-refractivity contribution in [2.24, 2.45) is 0 Å². The Labute approximate surface area is 121 Å². The molecule has 0 aromatic heterocycles. The van der Waals surface area contributed by atoms with Gasteiger partial charge in [-0.05, 0) is 24.6 Å². The van der Waals surface area contributed by atoms with Crippen molar-refractivity contribution >= 4 is 22.4 Å². The van der Waals surface area contributed by atoms with Crippen LogP contribution >= 0.6 is 11.6 Å². The molecule has 0 saturated carbocycles. The molecule has 0 amide bonds. The molecule has 0 aliphatic rings. The minimum absolute atomic E-state index is 0.121. The van der Waals surface area contributed by atoms with Crippen LogP contribution in [-0.4, -0.2) is 36.5 Å². The molecule has 108 valence electrons. The van der Waals surface area contributed by atoms with E-state index in [-0.39, 0.29) is 5.25 Å². The van der Waals surface area contributed by atoms with Gasteiger partial charge < -0.3 is 14.8 Å². The van der Waals surface area contributed by atoms with Crippen LogP contribution < -0.4 is 14.8 Å². The molecule has 2 unspecified atom stereocenters. The van der Waals surface area contributed by atoms with Crippen LogP contribution in [-0.2, 0) is 17.3 Å². The van der Waals surface area contributed by atoms with Crippen LogP contribution in [0.25, 0.3) is 0 Å². The van der Waals surface area contributed by atoms with Crippen molar-refractivity contribution in [3.8, 4) is 11.5 Å². The standard InChI is InChI=1S/C13H20ClNO3S/c1-9(19(4)16)7-15-8-10-5-11(14)13(18-3)12(6-10)17-2/h5-6,9,15H,7-8H2,1-4H3. The Kier molecular flexibility index (Phi) is 6.62. The fourth-order valence-corrected chi connectivity index (χ4v) is 2.27. The number of nitrogens with one attached hydrogen (secondary N) is 1. The van der Waals surface area contributed by atoms with Gasteiger partial charge in [-0.1, -0.05) is 11.6 Å². The second-order valence-electron chi connectivity index (χ2n) is 4.25. The van der Waals surface area contributed by atoms with Crippen LogP contribution in [0.15, 0.2) is 12.1 Å². The molecule has 0 fully saturated rings. The molecule has 19 heavy (non-hydrogen) atoms. The molecular weight excluding hydrogens is 286 g/mol. The highest BCUT2D eigenvalue weighted by molar-refractivity contribution is 7.84. The molecule has 0 bridgehead atoms. The quantitative estimate of drug-likeness (QED) is 0.839. The van der Waals surface area contributed by atoms with E-state index in [1.54, 1.807) is 20.5 Å². The first-order valence-corrected chi connectivity index (χ1v) is 7.92. The van der Waals surface area contributed by atoms with Gasteiger partial charge in [0.15, 0.2) is 11.5 Å². The summed E-state index contributed by atoms with van der Waals surface area (Å²) in [5.41, 5.74) is 0.997. The molecule has 1 aromatic carbocycles. The van der Waals surface area contributed by atoms with Crippen LogP contribution in [0.1, 0.15) is 12.5 Å². The van der Waals surface area contributed by atoms with Crippen molar-refractivity contribution in [2.45, 2.75) is 18.7 Å². The van der Waals surface area contributed by atoms with E-state index in [2.05, 4.69) is 5.32 Å². The lowest BCUT2D eigenvalue weighted by atomic mass is 10.2. The van der Waals surface area contributed by atoms with E-state index in [1.165, 1.54) is 0 Å². The van der Waals surface area contributed by atoms with Crippen molar-refractivity contribution in [1.82, 2.24) is 5.32 Å². The lowest BCUT2D eigenvalue weighted by Crippen LogP contribution is -2.27. The van der Waals surface area contributed by atoms with Gasteiger partial charge >= 0.3 is 0 Å². The monoisotopic (exact) mass is 305 g/mol. The minimum Gasteiger partial charge on any atom is -0.493 e. The lowest BCUT2D eigenvalue weighted by molar-refractivity contribution is 0.354. The zero-order valence-electron chi connectivity index (χ0n) is 11.7. The van der Waals surface area contributed by atoms with Crippen LogP contribution in [0, 0.1) is 0 Å². The lowest BCUT2D eigenvalue weighted by Gasteiger charge is -2.13. The maximum absolute atomic E-state index is 11.2. The highest BCUT2D eigenvalue weighted by Gasteiger charge is 2.11. The average molecular weight is 306 g/mol. The first kappa shape index (κ1) is 16.3. The van der Waals surface area contributed by atoms with Gasteiger partial charge in [0.1, 0.15) is 0 Å². The molecule has 0 radical (unpaired) electrons. The molecule has 0 aliphatic heterocycles. The van der Waals surface area contributed by atoms with Crippen molar-refractivity contribution in [1.29, 1.82) is 0 Å². The summed E-state index contributed by atoms with van der Waals surface area (Å²) in [6.45, 7) is 3.28. The Hall–Kier alpha value is -0.780. The molecule has 0 aliphatic carbocycles. The second-order valence-corrected chi connectivity index (χ2v) is 6.46. The van der Waals surface area contributed by atoms with E-state index in [9.17, 15) is 4.21 Å². The summed E-state index contributed by atoms with van der Waals surface area (Å²) in [7, 11) is 2.32. The zero-order chi connectivity index (χ0) is 14.4. The van der Waals surface area contributed by atoms with E-state index in [0.717, 1.165) is 5.56 Å². The summed E-state index contributed by atoms with van der Waals surface area (Å²) in [4.78, 5) is 0. The normalized spacial score (nSPS) is 13.9. The molecule has 1 aromatic rings. The highest BCUT2D eigenvalue weighted by Crippen LogP contribution is 2.35. The Morgan fingerprint density at radius 1 is 1.37 bits per heavy atom. The third kappa shape index (κ3) is 4.67. The van der Waals surface area contributed by atoms with Crippen molar-refractivity contribution in [3.05, 3.63) is 22.7 Å². The molecule has 0 saturated heterocycles. The molecule has 0 spiro atoms. The smallest absolute Gasteiger partial charge is 0.179 e. The molecule has 4 nitrogen and oxygen atoms in total. The Morgan fingerprint density at radius 2 is 2.05 bits per heavy atom. The maximum Gasteiger partial charge on any atom is 0.179 e. The largest absolute Gasteiger partial charge is 0.493 e. The van der Waals surface area contributed by atoms with Crippen molar-refractivity contribution < 1.29 is 13.7 Å². The first-order chi connectivity index (χ1) is 8.99.